The van der Waals surface area contributed by atoms with Gasteiger partial charge >= 0.3 is 0 Å². The molecular formula is C11H14O2S. The van der Waals surface area contributed by atoms with Crippen LogP contribution in [0, 0.1) is 0 Å². The second kappa shape index (κ2) is 6.62. The van der Waals surface area contributed by atoms with Crippen molar-refractivity contribution in [2.45, 2.75) is 13.5 Å². The van der Waals surface area contributed by atoms with Gasteiger partial charge in [0, 0.05) is 5.56 Å². The van der Waals surface area contributed by atoms with Crippen LogP contribution in [0.4, 0.5) is 0 Å². The molecule has 0 aliphatic heterocycles. The normalized spacial score (nSPS) is 10.1. The molecule has 0 aliphatic rings. The zero-order valence-corrected chi connectivity index (χ0v) is 9.05. The minimum atomic E-state index is 0.516. The van der Waals surface area contributed by atoms with Gasteiger partial charge in [-0.3, -0.25) is 4.79 Å². The van der Waals surface area contributed by atoms with E-state index in [1.165, 1.54) is 0 Å². The predicted octanol–water partition coefficient (Wildman–Crippen LogP) is 2.73. The maximum Gasteiger partial charge on any atom is 0.150 e. The molecule has 1 aromatic rings. The van der Waals surface area contributed by atoms with Crippen molar-refractivity contribution in [3.63, 3.8) is 0 Å². The first-order valence-electron chi connectivity index (χ1n) is 4.57. The Labute approximate surface area is 88.7 Å². The molecule has 0 N–H and O–H groups in total. The number of aldehydes is 1. The fourth-order valence-corrected chi connectivity index (χ4v) is 1.44. The molecule has 0 spiro atoms. The minimum absolute atomic E-state index is 0.516. The van der Waals surface area contributed by atoms with Crippen molar-refractivity contribution in [2.75, 3.05) is 11.7 Å². The lowest BCUT2D eigenvalue weighted by Gasteiger charge is -2.05. The van der Waals surface area contributed by atoms with Crippen molar-refractivity contribution in [1.29, 1.82) is 0 Å². The van der Waals surface area contributed by atoms with E-state index in [0.29, 0.717) is 18.1 Å². The van der Waals surface area contributed by atoms with Gasteiger partial charge in [0.1, 0.15) is 6.29 Å². The second-order valence-corrected chi connectivity index (χ2v) is 4.00. The topological polar surface area (TPSA) is 26.3 Å². The van der Waals surface area contributed by atoms with Gasteiger partial charge in [-0.05, 0) is 11.3 Å². The Morgan fingerprint density at radius 1 is 1.43 bits per heavy atom. The summed E-state index contributed by atoms with van der Waals surface area (Å²) in [6, 6.07) is 7.49. The smallest absolute Gasteiger partial charge is 0.150 e. The summed E-state index contributed by atoms with van der Waals surface area (Å²) < 4.78 is 5.41. The minimum Gasteiger partial charge on any atom is -0.366 e. The SMILES string of the molecule is CCSCOCc1ccccc1C=O. The monoisotopic (exact) mass is 210 g/mol. The van der Waals surface area contributed by atoms with E-state index in [1.54, 1.807) is 17.8 Å². The first-order chi connectivity index (χ1) is 6.88. The molecule has 0 aliphatic carbocycles. The van der Waals surface area contributed by atoms with Crippen LogP contribution < -0.4 is 0 Å². The lowest BCUT2D eigenvalue weighted by Crippen LogP contribution is -1.96. The molecule has 14 heavy (non-hydrogen) atoms. The molecule has 0 heterocycles. The molecule has 2 nitrogen and oxygen atoms in total. The van der Waals surface area contributed by atoms with Gasteiger partial charge in [-0.1, -0.05) is 31.2 Å². The maximum absolute atomic E-state index is 10.7. The second-order valence-electron chi connectivity index (χ2n) is 2.78. The van der Waals surface area contributed by atoms with Crippen LogP contribution in [0.2, 0.25) is 0 Å². The highest BCUT2D eigenvalue weighted by Crippen LogP contribution is 2.09. The van der Waals surface area contributed by atoms with Crippen molar-refractivity contribution in [3.8, 4) is 0 Å². The summed E-state index contributed by atoms with van der Waals surface area (Å²) in [5.41, 5.74) is 1.67. The largest absolute Gasteiger partial charge is 0.366 e. The molecular weight excluding hydrogens is 196 g/mol. The van der Waals surface area contributed by atoms with Crippen LogP contribution >= 0.6 is 11.8 Å². The summed E-state index contributed by atoms with van der Waals surface area (Å²) in [6.07, 6.45) is 0.867. The third-order valence-electron chi connectivity index (χ3n) is 1.81. The first-order valence-corrected chi connectivity index (χ1v) is 5.72. The van der Waals surface area contributed by atoms with Crippen molar-refractivity contribution in [2.24, 2.45) is 0 Å². The van der Waals surface area contributed by atoms with Gasteiger partial charge in [0.25, 0.3) is 0 Å². The molecule has 0 saturated heterocycles. The number of carbonyl (C=O) groups excluding carboxylic acids is 1. The fourth-order valence-electron chi connectivity index (χ4n) is 1.07. The zero-order valence-electron chi connectivity index (χ0n) is 8.23. The molecule has 0 aromatic heterocycles. The van der Waals surface area contributed by atoms with E-state index >= 15 is 0 Å². The molecule has 76 valence electrons. The van der Waals surface area contributed by atoms with E-state index in [0.717, 1.165) is 17.6 Å². The molecule has 0 unspecified atom stereocenters. The van der Waals surface area contributed by atoms with Crippen LogP contribution in [0.15, 0.2) is 24.3 Å². The van der Waals surface area contributed by atoms with E-state index in [1.807, 2.05) is 18.2 Å². The van der Waals surface area contributed by atoms with E-state index in [4.69, 9.17) is 4.74 Å². The number of ether oxygens (including phenoxy) is 1. The number of carbonyl (C=O) groups is 1. The molecule has 0 bridgehead atoms. The summed E-state index contributed by atoms with van der Waals surface area (Å²) in [5, 5.41) is 0. The molecule has 0 atom stereocenters. The highest BCUT2D eigenvalue weighted by atomic mass is 32.2. The van der Waals surface area contributed by atoms with E-state index in [-0.39, 0.29) is 0 Å². The molecule has 3 heteroatoms. The van der Waals surface area contributed by atoms with Crippen molar-refractivity contribution >= 4 is 18.0 Å². The molecule has 0 amide bonds. The van der Waals surface area contributed by atoms with E-state index in [2.05, 4.69) is 6.92 Å². The van der Waals surface area contributed by atoms with Crippen molar-refractivity contribution < 1.29 is 9.53 Å². The quantitative estimate of drug-likeness (QED) is 0.410. The Morgan fingerprint density at radius 2 is 2.21 bits per heavy atom. The van der Waals surface area contributed by atoms with E-state index in [9.17, 15) is 4.79 Å². The third-order valence-corrected chi connectivity index (χ3v) is 2.55. The van der Waals surface area contributed by atoms with Gasteiger partial charge in [0.15, 0.2) is 0 Å². The maximum atomic E-state index is 10.7. The number of hydrogen-bond donors (Lipinski definition) is 0. The molecule has 1 aromatic carbocycles. The van der Waals surface area contributed by atoms with Crippen LogP contribution in [0.5, 0.6) is 0 Å². The van der Waals surface area contributed by atoms with Crippen LogP contribution in [0.25, 0.3) is 0 Å². The summed E-state index contributed by atoms with van der Waals surface area (Å²) in [4.78, 5) is 10.7. The Bertz CT molecular complexity index is 286. The van der Waals surface area contributed by atoms with Crippen molar-refractivity contribution in [3.05, 3.63) is 35.4 Å². The molecule has 0 radical (unpaired) electrons. The Balaban J connectivity index is 2.45. The summed E-state index contributed by atoms with van der Waals surface area (Å²) in [6.45, 7) is 2.61. The average molecular weight is 210 g/mol. The molecule has 0 fully saturated rings. The Morgan fingerprint density at radius 3 is 2.93 bits per heavy atom. The van der Waals surface area contributed by atoms with Crippen LogP contribution in [0.3, 0.4) is 0 Å². The Kier molecular flexibility index (Phi) is 5.33. The number of rotatable bonds is 6. The molecule has 1 rings (SSSR count). The lowest BCUT2D eigenvalue weighted by molar-refractivity contribution is 0.111. The number of hydrogen-bond acceptors (Lipinski definition) is 3. The summed E-state index contributed by atoms with van der Waals surface area (Å²) in [5.74, 6) is 1.74. The lowest BCUT2D eigenvalue weighted by atomic mass is 10.1. The van der Waals surface area contributed by atoms with Crippen LogP contribution in [0.1, 0.15) is 22.8 Å². The van der Waals surface area contributed by atoms with Gasteiger partial charge < -0.3 is 4.74 Å². The van der Waals surface area contributed by atoms with Gasteiger partial charge in [0.05, 0.1) is 12.5 Å². The van der Waals surface area contributed by atoms with E-state index < -0.39 is 0 Å². The Hall–Kier alpha value is -0.800. The van der Waals surface area contributed by atoms with Gasteiger partial charge in [0.2, 0.25) is 0 Å². The van der Waals surface area contributed by atoms with Crippen LogP contribution in [-0.2, 0) is 11.3 Å². The third kappa shape index (κ3) is 3.52. The highest BCUT2D eigenvalue weighted by Gasteiger charge is 1.99. The summed E-state index contributed by atoms with van der Waals surface area (Å²) >= 11 is 1.73. The predicted molar refractivity (Wildman–Crippen MR) is 59.6 cm³/mol. The fraction of sp³-hybridized carbons (Fsp3) is 0.364. The standard InChI is InChI=1S/C11H14O2S/c1-2-14-9-13-8-11-6-4-3-5-10(11)7-12/h3-7H,2,8-9H2,1H3. The number of benzene rings is 1. The van der Waals surface area contributed by atoms with Gasteiger partial charge in [-0.15, -0.1) is 11.8 Å². The molecule has 0 saturated carbocycles. The van der Waals surface area contributed by atoms with Gasteiger partial charge in [-0.2, -0.15) is 0 Å². The summed E-state index contributed by atoms with van der Waals surface area (Å²) in [7, 11) is 0. The average Bonchev–Trinajstić information content (AvgIpc) is 2.25. The van der Waals surface area contributed by atoms with Gasteiger partial charge in [-0.25, -0.2) is 0 Å². The van der Waals surface area contributed by atoms with Crippen LogP contribution in [-0.4, -0.2) is 18.0 Å². The first kappa shape index (κ1) is 11.3. The zero-order chi connectivity index (χ0) is 10.2. The number of thioether (sulfide) groups is 1. The van der Waals surface area contributed by atoms with Crippen molar-refractivity contribution in [1.82, 2.24) is 0 Å². The highest BCUT2D eigenvalue weighted by molar-refractivity contribution is 7.99.